The second kappa shape index (κ2) is 14.2. The number of benzene rings is 2. The van der Waals surface area contributed by atoms with Crippen molar-refractivity contribution >= 4 is 39.1 Å². The van der Waals surface area contributed by atoms with Crippen molar-refractivity contribution in [2.24, 2.45) is 0 Å². The number of amides is 2. The lowest BCUT2D eigenvalue weighted by Gasteiger charge is -2.31. The molecule has 2 amide bonds. The Morgan fingerprint density at radius 3 is 2.27 bits per heavy atom. The molecule has 0 aromatic heterocycles. The van der Waals surface area contributed by atoms with E-state index < -0.39 is 16.1 Å². The van der Waals surface area contributed by atoms with Crippen LogP contribution in [-0.4, -0.2) is 56.6 Å². The Hall–Kier alpha value is -2.78. The Morgan fingerprint density at radius 1 is 1.05 bits per heavy atom. The number of nitrogens with zero attached hydrogens (tertiary/aromatic N) is 2. The zero-order chi connectivity index (χ0) is 27.6. The third-order valence-electron chi connectivity index (χ3n) is 5.67. The van der Waals surface area contributed by atoms with Crippen molar-refractivity contribution in [3.8, 4) is 5.75 Å². The summed E-state index contributed by atoms with van der Waals surface area (Å²) in [4.78, 5) is 28.0. The van der Waals surface area contributed by atoms with Gasteiger partial charge in [0.2, 0.25) is 21.8 Å². The molecule has 0 aliphatic rings. The quantitative estimate of drug-likeness (QED) is 0.370. The molecular weight excluding hydrogens is 514 g/mol. The van der Waals surface area contributed by atoms with Crippen LogP contribution < -0.4 is 14.4 Å². The summed E-state index contributed by atoms with van der Waals surface area (Å²) >= 11 is 6.02. The Bertz CT molecular complexity index is 1140. The number of hydrogen-bond donors (Lipinski definition) is 1. The van der Waals surface area contributed by atoms with Gasteiger partial charge in [-0.3, -0.25) is 13.9 Å². The maximum Gasteiger partial charge on any atom is 0.243 e. The number of sulfonamides is 1. The van der Waals surface area contributed by atoms with E-state index in [1.54, 1.807) is 41.3 Å². The molecule has 2 aromatic rings. The van der Waals surface area contributed by atoms with Crippen LogP contribution in [0.25, 0.3) is 0 Å². The predicted molar refractivity (Wildman–Crippen MR) is 148 cm³/mol. The number of para-hydroxylation sites is 2. The van der Waals surface area contributed by atoms with E-state index in [-0.39, 0.29) is 43.8 Å². The number of carbonyl (C=O) groups is 2. The summed E-state index contributed by atoms with van der Waals surface area (Å²) in [7, 11) is -3.63. The lowest BCUT2D eigenvalue weighted by molar-refractivity contribution is -0.141. The standard InChI is InChI=1S/C27H38ClN3O5S/c1-6-23(27(33)29-20(3)4)30(19-21-14-16-22(28)17-15-21)26(32)13-10-18-31(37(5,34)35)24-11-8-9-12-25(24)36-7-2/h8-9,11-12,14-17,20,23H,6-7,10,13,18-19H2,1-5H3,(H,29,33). The highest BCUT2D eigenvalue weighted by atomic mass is 35.5. The minimum Gasteiger partial charge on any atom is -0.492 e. The first kappa shape index (κ1) is 30.4. The van der Waals surface area contributed by atoms with E-state index in [9.17, 15) is 18.0 Å². The van der Waals surface area contributed by atoms with Gasteiger partial charge in [0.15, 0.2) is 0 Å². The molecule has 8 nitrogen and oxygen atoms in total. The number of hydrogen-bond acceptors (Lipinski definition) is 5. The molecule has 0 radical (unpaired) electrons. The Balaban J connectivity index is 2.24. The highest BCUT2D eigenvalue weighted by Gasteiger charge is 2.29. The maximum absolute atomic E-state index is 13.5. The van der Waals surface area contributed by atoms with Gasteiger partial charge in [-0.2, -0.15) is 0 Å². The number of ether oxygens (including phenoxy) is 1. The molecule has 204 valence electrons. The average Bonchev–Trinajstić information content (AvgIpc) is 2.82. The van der Waals surface area contributed by atoms with Gasteiger partial charge in [-0.15, -0.1) is 0 Å². The van der Waals surface area contributed by atoms with Crippen molar-refractivity contribution < 1.29 is 22.7 Å². The van der Waals surface area contributed by atoms with Crippen molar-refractivity contribution in [2.45, 2.75) is 65.6 Å². The van der Waals surface area contributed by atoms with Crippen molar-refractivity contribution in [3.63, 3.8) is 0 Å². The summed E-state index contributed by atoms with van der Waals surface area (Å²) in [5.41, 5.74) is 1.28. The predicted octanol–water partition coefficient (Wildman–Crippen LogP) is 4.62. The van der Waals surface area contributed by atoms with Crippen LogP contribution in [0, 0.1) is 0 Å². The number of anilines is 1. The van der Waals surface area contributed by atoms with E-state index in [1.807, 2.05) is 39.8 Å². The number of rotatable bonds is 14. The van der Waals surface area contributed by atoms with Crippen LogP contribution in [0.5, 0.6) is 5.75 Å². The van der Waals surface area contributed by atoms with E-state index in [1.165, 1.54) is 4.31 Å². The van der Waals surface area contributed by atoms with Crippen LogP contribution in [0.2, 0.25) is 5.02 Å². The smallest absolute Gasteiger partial charge is 0.243 e. The van der Waals surface area contributed by atoms with Crippen LogP contribution in [0.4, 0.5) is 5.69 Å². The fraction of sp³-hybridized carbons (Fsp3) is 0.481. The number of carbonyl (C=O) groups excluding carboxylic acids is 2. The highest BCUT2D eigenvalue weighted by molar-refractivity contribution is 7.92. The van der Waals surface area contributed by atoms with Crippen molar-refractivity contribution in [1.29, 1.82) is 0 Å². The second-order valence-corrected chi connectivity index (χ2v) is 11.4. The van der Waals surface area contributed by atoms with E-state index in [0.717, 1.165) is 11.8 Å². The lowest BCUT2D eigenvalue weighted by Crippen LogP contribution is -2.50. The van der Waals surface area contributed by atoms with Gasteiger partial charge in [0.25, 0.3) is 0 Å². The Kier molecular flexibility index (Phi) is 11.7. The molecule has 0 aliphatic carbocycles. The minimum atomic E-state index is -3.63. The van der Waals surface area contributed by atoms with Gasteiger partial charge in [-0.05, 0) is 63.4 Å². The first-order chi connectivity index (χ1) is 17.5. The summed E-state index contributed by atoms with van der Waals surface area (Å²) < 4.78 is 32.1. The molecule has 1 N–H and O–H groups in total. The molecule has 2 rings (SSSR count). The molecule has 0 bridgehead atoms. The molecule has 0 saturated heterocycles. The zero-order valence-corrected chi connectivity index (χ0v) is 23.8. The second-order valence-electron chi connectivity index (χ2n) is 9.07. The van der Waals surface area contributed by atoms with Crippen molar-refractivity contribution in [2.75, 3.05) is 23.7 Å². The Morgan fingerprint density at radius 2 is 1.70 bits per heavy atom. The SMILES string of the molecule is CCOc1ccccc1N(CCCC(=O)N(Cc1ccc(Cl)cc1)C(CC)C(=O)NC(C)C)S(C)(=O)=O. The van der Waals surface area contributed by atoms with Gasteiger partial charge in [0, 0.05) is 30.6 Å². The topological polar surface area (TPSA) is 96.0 Å². The van der Waals surface area contributed by atoms with Gasteiger partial charge in [0.1, 0.15) is 11.8 Å². The summed E-state index contributed by atoms with van der Waals surface area (Å²) in [5.74, 6) is 0.0120. The minimum absolute atomic E-state index is 0.0669. The first-order valence-electron chi connectivity index (χ1n) is 12.5. The van der Waals surface area contributed by atoms with Crippen LogP contribution in [-0.2, 0) is 26.2 Å². The molecule has 1 atom stereocenters. The fourth-order valence-electron chi connectivity index (χ4n) is 4.01. The number of halogens is 1. The normalized spacial score (nSPS) is 12.2. The van der Waals surface area contributed by atoms with Crippen LogP contribution in [0.15, 0.2) is 48.5 Å². The molecule has 2 aromatic carbocycles. The van der Waals surface area contributed by atoms with Gasteiger partial charge in [-0.1, -0.05) is 42.8 Å². The monoisotopic (exact) mass is 551 g/mol. The third-order valence-corrected chi connectivity index (χ3v) is 7.10. The van der Waals surface area contributed by atoms with Crippen LogP contribution >= 0.6 is 11.6 Å². The van der Waals surface area contributed by atoms with Crippen LogP contribution in [0.1, 0.15) is 52.5 Å². The third kappa shape index (κ3) is 9.23. The highest BCUT2D eigenvalue weighted by Crippen LogP contribution is 2.30. The van der Waals surface area contributed by atoms with Gasteiger partial charge in [-0.25, -0.2) is 8.42 Å². The first-order valence-corrected chi connectivity index (χ1v) is 14.7. The largest absolute Gasteiger partial charge is 0.492 e. The molecule has 0 heterocycles. The molecular formula is C27H38ClN3O5S. The maximum atomic E-state index is 13.5. The molecule has 0 saturated carbocycles. The molecule has 0 spiro atoms. The molecule has 10 heteroatoms. The van der Waals surface area contributed by atoms with Crippen molar-refractivity contribution in [3.05, 3.63) is 59.1 Å². The van der Waals surface area contributed by atoms with E-state index in [0.29, 0.717) is 29.5 Å². The lowest BCUT2D eigenvalue weighted by atomic mass is 10.1. The van der Waals surface area contributed by atoms with Gasteiger partial charge >= 0.3 is 0 Å². The fourth-order valence-corrected chi connectivity index (χ4v) is 5.10. The Labute approximate surface area is 226 Å². The molecule has 0 fully saturated rings. The summed E-state index contributed by atoms with van der Waals surface area (Å²) in [5, 5.41) is 3.49. The summed E-state index contributed by atoms with van der Waals surface area (Å²) in [6, 6.07) is 13.3. The van der Waals surface area contributed by atoms with E-state index in [2.05, 4.69) is 5.32 Å². The summed E-state index contributed by atoms with van der Waals surface area (Å²) in [6.45, 7) is 8.16. The van der Waals surface area contributed by atoms with Crippen LogP contribution in [0.3, 0.4) is 0 Å². The van der Waals surface area contributed by atoms with E-state index >= 15 is 0 Å². The number of nitrogens with one attached hydrogen (secondary N) is 1. The molecule has 0 aliphatic heterocycles. The van der Waals surface area contributed by atoms with E-state index in [4.69, 9.17) is 16.3 Å². The molecule has 37 heavy (non-hydrogen) atoms. The van der Waals surface area contributed by atoms with Gasteiger partial charge < -0.3 is 15.0 Å². The molecule has 1 unspecified atom stereocenters. The zero-order valence-electron chi connectivity index (χ0n) is 22.2. The average molecular weight is 552 g/mol. The van der Waals surface area contributed by atoms with Gasteiger partial charge in [0.05, 0.1) is 18.6 Å². The van der Waals surface area contributed by atoms with Crippen molar-refractivity contribution in [1.82, 2.24) is 10.2 Å². The summed E-state index contributed by atoms with van der Waals surface area (Å²) in [6.07, 6.45) is 1.91.